The van der Waals surface area contributed by atoms with Gasteiger partial charge in [0, 0.05) is 12.3 Å². The van der Waals surface area contributed by atoms with Gasteiger partial charge < -0.3 is 14.8 Å². The fourth-order valence-electron chi connectivity index (χ4n) is 2.21. The van der Waals surface area contributed by atoms with Crippen LogP contribution in [0.2, 0.25) is 0 Å². The summed E-state index contributed by atoms with van der Waals surface area (Å²) in [7, 11) is 0. The molecule has 5 nitrogen and oxygen atoms in total. The SMILES string of the molecule is N#Cc1ccc(NC(=O)COC[C@@H]2CCCO2)cc1C(F)(F)F. The number of hydrogen-bond donors (Lipinski definition) is 1. The van der Waals surface area contributed by atoms with Gasteiger partial charge in [-0.2, -0.15) is 18.4 Å². The van der Waals surface area contributed by atoms with Crippen molar-refractivity contribution in [2.45, 2.75) is 25.1 Å². The number of alkyl halides is 3. The van der Waals surface area contributed by atoms with Crippen LogP contribution < -0.4 is 5.32 Å². The van der Waals surface area contributed by atoms with Gasteiger partial charge in [-0.1, -0.05) is 0 Å². The Kier molecular flexibility index (Phi) is 5.58. The average Bonchev–Trinajstić information content (AvgIpc) is 2.99. The van der Waals surface area contributed by atoms with E-state index in [0.717, 1.165) is 25.0 Å². The number of amides is 1. The van der Waals surface area contributed by atoms with Crippen molar-refractivity contribution < 1.29 is 27.4 Å². The molecule has 2 rings (SSSR count). The topological polar surface area (TPSA) is 71.4 Å². The zero-order chi connectivity index (χ0) is 16.9. The summed E-state index contributed by atoms with van der Waals surface area (Å²) in [6.45, 7) is 0.668. The zero-order valence-corrected chi connectivity index (χ0v) is 12.2. The minimum atomic E-state index is -4.66. The summed E-state index contributed by atoms with van der Waals surface area (Å²) in [4.78, 5) is 11.7. The monoisotopic (exact) mass is 328 g/mol. The summed E-state index contributed by atoms with van der Waals surface area (Å²) < 4.78 is 49.0. The fraction of sp³-hybridized carbons (Fsp3) is 0.467. The van der Waals surface area contributed by atoms with Gasteiger partial charge in [-0.15, -0.1) is 0 Å². The Hall–Kier alpha value is -2.11. The summed E-state index contributed by atoms with van der Waals surface area (Å²) in [5, 5.41) is 11.0. The minimum absolute atomic E-state index is 0.0328. The van der Waals surface area contributed by atoms with Crippen LogP contribution in [0.3, 0.4) is 0 Å². The Morgan fingerprint density at radius 2 is 2.26 bits per heavy atom. The van der Waals surface area contributed by atoms with Crippen molar-refractivity contribution in [3.63, 3.8) is 0 Å². The highest BCUT2D eigenvalue weighted by molar-refractivity contribution is 5.91. The van der Waals surface area contributed by atoms with Crippen molar-refractivity contribution in [2.24, 2.45) is 0 Å². The molecule has 0 aliphatic carbocycles. The maximum absolute atomic E-state index is 12.8. The van der Waals surface area contributed by atoms with Crippen LogP contribution in [-0.2, 0) is 20.4 Å². The largest absolute Gasteiger partial charge is 0.417 e. The Bertz CT molecular complexity index is 605. The number of halogens is 3. The first-order chi connectivity index (χ1) is 10.9. The lowest BCUT2D eigenvalue weighted by Gasteiger charge is -2.12. The van der Waals surface area contributed by atoms with Crippen LogP contribution >= 0.6 is 0 Å². The first kappa shape index (κ1) is 17.2. The summed E-state index contributed by atoms with van der Waals surface area (Å²) in [5.74, 6) is -0.569. The Morgan fingerprint density at radius 1 is 1.48 bits per heavy atom. The lowest BCUT2D eigenvalue weighted by atomic mass is 10.1. The minimum Gasteiger partial charge on any atom is -0.376 e. The smallest absolute Gasteiger partial charge is 0.376 e. The summed E-state index contributed by atoms with van der Waals surface area (Å²) in [5.41, 5.74) is -1.62. The molecule has 1 amide bonds. The molecular formula is C15H15F3N2O3. The molecule has 0 saturated carbocycles. The third-order valence-electron chi connectivity index (χ3n) is 3.29. The summed E-state index contributed by atoms with van der Waals surface area (Å²) >= 11 is 0. The van der Waals surface area contributed by atoms with Crippen LogP contribution in [0, 0.1) is 11.3 Å². The molecule has 0 bridgehead atoms. The molecule has 1 fully saturated rings. The first-order valence-corrected chi connectivity index (χ1v) is 7.00. The Balaban J connectivity index is 1.91. The molecule has 1 heterocycles. The van der Waals surface area contributed by atoms with E-state index >= 15 is 0 Å². The fourth-order valence-corrected chi connectivity index (χ4v) is 2.21. The van der Waals surface area contributed by atoms with Gasteiger partial charge in [-0.05, 0) is 31.0 Å². The highest BCUT2D eigenvalue weighted by Gasteiger charge is 2.34. The second-order valence-electron chi connectivity index (χ2n) is 5.07. The van der Waals surface area contributed by atoms with Crippen LogP contribution in [0.15, 0.2) is 18.2 Å². The molecule has 1 N–H and O–H groups in total. The van der Waals surface area contributed by atoms with Crippen LogP contribution in [-0.4, -0.2) is 31.8 Å². The number of benzene rings is 1. The van der Waals surface area contributed by atoms with Crippen molar-refractivity contribution in [1.29, 1.82) is 5.26 Å². The van der Waals surface area contributed by atoms with E-state index in [0.29, 0.717) is 6.61 Å². The van der Waals surface area contributed by atoms with E-state index < -0.39 is 23.2 Å². The number of hydrogen-bond acceptors (Lipinski definition) is 4. The van der Waals surface area contributed by atoms with E-state index in [1.165, 1.54) is 12.1 Å². The molecule has 124 valence electrons. The number of rotatable bonds is 5. The van der Waals surface area contributed by atoms with Gasteiger partial charge in [-0.3, -0.25) is 4.79 Å². The molecule has 1 aromatic carbocycles. The number of ether oxygens (including phenoxy) is 2. The normalized spacial score (nSPS) is 17.7. The van der Waals surface area contributed by atoms with E-state index in [2.05, 4.69) is 5.32 Å². The number of anilines is 1. The molecule has 1 aliphatic rings. The number of nitriles is 1. The molecule has 1 atom stereocenters. The second-order valence-corrected chi connectivity index (χ2v) is 5.07. The molecular weight excluding hydrogens is 313 g/mol. The van der Waals surface area contributed by atoms with E-state index in [1.807, 2.05) is 0 Å². The molecule has 0 spiro atoms. The predicted molar refractivity (Wildman–Crippen MR) is 74.6 cm³/mol. The highest BCUT2D eigenvalue weighted by Crippen LogP contribution is 2.33. The standard InChI is InChI=1S/C15H15F3N2O3/c16-15(17,18)13-6-11(4-3-10(13)7-19)20-14(21)9-22-8-12-2-1-5-23-12/h3-4,6,12H,1-2,5,8-9H2,(H,20,21)/t12-/m0/s1. The van der Waals surface area contributed by atoms with Gasteiger partial charge >= 0.3 is 6.18 Å². The lowest BCUT2D eigenvalue weighted by molar-refractivity contribution is -0.137. The zero-order valence-electron chi connectivity index (χ0n) is 12.2. The maximum atomic E-state index is 12.8. The Morgan fingerprint density at radius 3 is 2.87 bits per heavy atom. The molecule has 0 aromatic heterocycles. The van der Waals surface area contributed by atoms with Crippen molar-refractivity contribution in [1.82, 2.24) is 0 Å². The summed E-state index contributed by atoms with van der Waals surface area (Å²) in [6.07, 6.45) is -2.88. The molecule has 1 saturated heterocycles. The molecule has 8 heteroatoms. The quantitative estimate of drug-likeness (QED) is 0.902. The summed E-state index contributed by atoms with van der Waals surface area (Å²) in [6, 6.07) is 4.47. The van der Waals surface area contributed by atoms with Crippen LogP contribution in [0.1, 0.15) is 24.0 Å². The molecule has 0 radical (unpaired) electrons. The van der Waals surface area contributed by atoms with Crippen molar-refractivity contribution in [2.75, 3.05) is 25.1 Å². The predicted octanol–water partition coefficient (Wildman–Crippen LogP) is 2.71. The lowest BCUT2D eigenvalue weighted by Crippen LogP contribution is -2.22. The Labute approximate surface area is 131 Å². The molecule has 1 aliphatic heterocycles. The number of nitrogens with zero attached hydrogens (tertiary/aromatic N) is 1. The first-order valence-electron chi connectivity index (χ1n) is 7.00. The van der Waals surface area contributed by atoms with Gasteiger partial charge in [0.1, 0.15) is 6.61 Å². The van der Waals surface area contributed by atoms with Gasteiger partial charge in [0.15, 0.2) is 0 Å². The van der Waals surface area contributed by atoms with Crippen LogP contribution in [0.25, 0.3) is 0 Å². The van der Waals surface area contributed by atoms with E-state index in [1.54, 1.807) is 0 Å². The number of carbonyl (C=O) groups is 1. The van der Waals surface area contributed by atoms with Gasteiger partial charge in [0.2, 0.25) is 5.91 Å². The van der Waals surface area contributed by atoms with Crippen molar-refractivity contribution >= 4 is 11.6 Å². The molecule has 1 aromatic rings. The van der Waals surface area contributed by atoms with Crippen LogP contribution in [0.5, 0.6) is 0 Å². The van der Waals surface area contributed by atoms with Crippen LogP contribution in [0.4, 0.5) is 18.9 Å². The highest BCUT2D eigenvalue weighted by atomic mass is 19.4. The van der Waals surface area contributed by atoms with E-state index in [9.17, 15) is 18.0 Å². The van der Waals surface area contributed by atoms with Crippen molar-refractivity contribution in [3.8, 4) is 6.07 Å². The van der Waals surface area contributed by atoms with E-state index in [4.69, 9.17) is 14.7 Å². The molecule has 0 unspecified atom stereocenters. The van der Waals surface area contributed by atoms with Gasteiger partial charge in [-0.25, -0.2) is 0 Å². The second kappa shape index (κ2) is 7.44. The van der Waals surface area contributed by atoms with Crippen molar-refractivity contribution in [3.05, 3.63) is 29.3 Å². The third kappa shape index (κ3) is 4.94. The third-order valence-corrected chi connectivity index (χ3v) is 3.29. The van der Waals surface area contributed by atoms with Gasteiger partial charge in [0.25, 0.3) is 0 Å². The number of carbonyl (C=O) groups excluding carboxylic acids is 1. The maximum Gasteiger partial charge on any atom is 0.417 e. The van der Waals surface area contributed by atoms with E-state index in [-0.39, 0.29) is 25.0 Å². The molecule has 23 heavy (non-hydrogen) atoms. The average molecular weight is 328 g/mol. The number of nitrogens with one attached hydrogen (secondary N) is 1. The van der Waals surface area contributed by atoms with Gasteiger partial charge in [0.05, 0.1) is 29.9 Å².